The fourth-order valence-electron chi connectivity index (χ4n) is 2.54. The zero-order valence-corrected chi connectivity index (χ0v) is 13.1. The summed E-state index contributed by atoms with van der Waals surface area (Å²) in [6.07, 6.45) is 2.90. The molecule has 1 aromatic rings. The smallest absolute Gasteiger partial charge is 0.243 e. The molecule has 1 aromatic carbocycles. The molecule has 1 heterocycles. The molecule has 0 saturated heterocycles. The number of benzene rings is 1. The van der Waals surface area contributed by atoms with Crippen LogP contribution in [0.1, 0.15) is 24.5 Å². The lowest BCUT2D eigenvalue weighted by Crippen LogP contribution is -2.35. The van der Waals surface area contributed by atoms with Gasteiger partial charge in [0.15, 0.2) is 0 Å². The summed E-state index contributed by atoms with van der Waals surface area (Å²) in [7, 11) is -1.54. The van der Waals surface area contributed by atoms with Crippen molar-refractivity contribution in [3.05, 3.63) is 41.0 Å². The van der Waals surface area contributed by atoms with Crippen molar-refractivity contribution in [2.45, 2.75) is 31.7 Å². The molecule has 5 heteroatoms. The maximum Gasteiger partial charge on any atom is 0.243 e. The third-order valence-electron chi connectivity index (χ3n) is 3.68. The molecule has 4 nitrogen and oxygen atoms in total. The van der Waals surface area contributed by atoms with Crippen molar-refractivity contribution in [1.82, 2.24) is 9.62 Å². The van der Waals surface area contributed by atoms with Crippen LogP contribution in [0, 0.1) is 6.92 Å². The van der Waals surface area contributed by atoms with E-state index in [1.54, 1.807) is 10.4 Å². The fraction of sp³-hybridized carbons (Fsp3) is 0.467. The highest BCUT2D eigenvalue weighted by atomic mass is 32.2. The average Bonchev–Trinajstić information content (AvgIpc) is 2.41. The first-order valence-electron chi connectivity index (χ1n) is 6.85. The van der Waals surface area contributed by atoms with Gasteiger partial charge in [0, 0.05) is 19.6 Å². The summed E-state index contributed by atoms with van der Waals surface area (Å²) in [5.74, 6) is 0. The summed E-state index contributed by atoms with van der Waals surface area (Å²) in [6.45, 7) is 5.60. The van der Waals surface area contributed by atoms with Gasteiger partial charge in [-0.3, -0.25) is 0 Å². The van der Waals surface area contributed by atoms with Crippen molar-refractivity contribution in [2.75, 3.05) is 20.1 Å². The van der Waals surface area contributed by atoms with E-state index in [9.17, 15) is 8.42 Å². The molecule has 1 aliphatic heterocycles. The van der Waals surface area contributed by atoms with Crippen LogP contribution in [0.5, 0.6) is 0 Å². The van der Waals surface area contributed by atoms with Gasteiger partial charge in [-0.2, -0.15) is 4.31 Å². The van der Waals surface area contributed by atoms with E-state index in [1.807, 2.05) is 33.0 Å². The third kappa shape index (κ3) is 2.95. The monoisotopic (exact) mass is 294 g/mol. The zero-order valence-electron chi connectivity index (χ0n) is 12.3. The van der Waals surface area contributed by atoms with E-state index in [1.165, 1.54) is 0 Å². The molecule has 1 aliphatic rings. The van der Waals surface area contributed by atoms with E-state index < -0.39 is 10.0 Å². The van der Waals surface area contributed by atoms with Crippen molar-refractivity contribution in [3.8, 4) is 0 Å². The quantitative estimate of drug-likeness (QED) is 0.865. The third-order valence-corrected chi connectivity index (χ3v) is 5.67. The number of nitrogens with zero attached hydrogens (tertiary/aromatic N) is 1. The molecule has 0 aliphatic carbocycles. The molecular weight excluding hydrogens is 272 g/mol. The van der Waals surface area contributed by atoms with Gasteiger partial charge in [0.2, 0.25) is 10.0 Å². The lowest BCUT2D eigenvalue weighted by molar-refractivity contribution is 0.427. The van der Waals surface area contributed by atoms with Gasteiger partial charge in [0.1, 0.15) is 0 Å². The normalized spacial score (nSPS) is 17.1. The van der Waals surface area contributed by atoms with Crippen LogP contribution in [0.3, 0.4) is 0 Å². The second kappa shape index (κ2) is 6.08. The van der Waals surface area contributed by atoms with Gasteiger partial charge in [-0.25, -0.2) is 8.42 Å². The van der Waals surface area contributed by atoms with E-state index >= 15 is 0 Å². The molecule has 0 fully saturated rings. The van der Waals surface area contributed by atoms with Gasteiger partial charge in [-0.15, -0.1) is 0 Å². The Balaban J connectivity index is 2.39. The largest absolute Gasteiger partial charge is 0.316 e. The summed E-state index contributed by atoms with van der Waals surface area (Å²) in [5.41, 5.74) is 2.98. The van der Waals surface area contributed by atoms with E-state index in [0.717, 1.165) is 23.1 Å². The minimum absolute atomic E-state index is 0.431. The van der Waals surface area contributed by atoms with E-state index in [4.69, 9.17) is 0 Å². The summed E-state index contributed by atoms with van der Waals surface area (Å²) in [4.78, 5) is 0.431. The molecule has 20 heavy (non-hydrogen) atoms. The van der Waals surface area contributed by atoms with E-state index in [2.05, 4.69) is 11.4 Å². The lowest BCUT2D eigenvalue weighted by Gasteiger charge is -2.26. The Hall–Kier alpha value is -1.17. The predicted octanol–water partition coefficient (Wildman–Crippen LogP) is 2.06. The minimum Gasteiger partial charge on any atom is -0.316 e. The predicted molar refractivity (Wildman–Crippen MR) is 81.1 cm³/mol. The molecule has 110 valence electrons. The Morgan fingerprint density at radius 3 is 2.70 bits per heavy atom. The summed E-state index contributed by atoms with van der Waals surface area (Å²) in [6, 6.07) is 5.49. The molecule has 0 unspecified atom stereocenters. The topological polar surface area (TPSA) is 49.4 Å². The second-order valence-electron chi connectivity index (χ2n) is 5.25. The van der Waals surface area contributed by atoms with Crippen LogP contribution in [0.25, 0.3) is 0 Å². The molecule has 0 bridgehead atoms. The van der Waals surface area contributed by atoms with Crippen LogP contribution >= 0.6 is 0 Å². The van der Waals surface area contributed by atoms with Crippen LogP contribution in [0.4, 0.5) is 0 Å². The molecular formula is C15H22N2O2S. The molecule has 0 saturated carbocycles. The maximum atomic E-state index is 12.8. The minimum atomic E-state index is -3.40. The molecule has 2 rings (SSSR count). The van der Waals surface area contributed by atoms with Gasteiger partial charge in [-0.05, 0) is 44.5 Å². The summed E-state index contributed by atoms with van der Waals surface area (Å²) >= 11 is 0. The van der Waals surface area contributed by atoms with Crippen molar-refractivity contribution < 1.29 is 8.42 Å². The second-order valence-corrected chi connectivity index (χ2v) is 7.15. The van der Waals surface area contributed by atoms with Crippen LogP contribution in [-0.4, -0.2) is 32.9 Å². The van der Waals surface area contributed by atoms with Crippen LogP contribution < -0.4 is 5.32 Å². The van der Waals surface area contributed by atoms with Crippen molar-refractivity contribution >= 4 is 10.0 Å². The van der Waals surface area contributed by atoms with Crippen LogP contribution in [0.15, 0.2) is 34.7 Å². The number of nitrogens with one attached hydrogen (secondary N) is 1. The maximum absolute atomic E-state index is 12.8. The highest BCUT2D eigenvalue weighted by Gasteiger charge is 2.27. The molecule has 1 N–H and O–H groups in total. The number of hydrogen-bond acceptors (Lipinski definition) is 3. The highest BCUT2D eigenvalue weighted by Crippen LogP contribution is 2.25. The molecule has 0 radical (unpaired) electrons. The van der Waals surface area contributed by atoms with Gasteiger partial charge in [-0.1, -0.05) is 23.8 Å². The summed E-state index contributed by atoms with van der Waals surface area (Å²) < 4.78 is 27.2. The molecule has 0 spiro atoms. The Labute approximate surface area is 121 Å². The van der Waals surface area contributed by atoms with E-state index in [0.29, 0.717) is 24.5 Å². The van der Waals surface area contributed by atoms with Gasteiger partial charge >= 0.3 is 0 Å². The average molecular weight is 294 g/mol. The SMILES string of the molecule is CNCc1cccc(S(=O)(=O)N2CCC=C(C)C2)c1C. The first-order valence-corrected chi connectivity index (χ1v) is 8.29. The Bertz CT molecular complexity index is 621. The van der Waals surface area contributed by atoms with E-state index in [-0.39, 0.29) is 0 Å². The first-order chi connectivity index (χ1) is 9.46. The Kier molecular flexibility index (Phi) is 4.62. The van der Waals surface area contributed by atoms with Gasteiger partial charge < -0.3 is 5.32 Å². The molecule has 0 atom stereocenters. The molecule has 0 amide bonds. The summed E-state index contributed by atoms with van der Waals surface area (Å²) in [5, 5.41) is 3.07. The van der Waals surface area contributed by atoms with Gasteiger partial charge in [0.25, 0.3) is 0 Å². The standard InChI is InChI=1S/C15H22N2O2S/c1-12-6-5-9-17(11-12)20(18,19)15-8-4-7-14(10-16-3)13(15)2/h4,6-8,16H,5,9-11H2,1-3H3. The lowest BCUT2D eigenvalue weighted by atomic mass is 10.1. The highest BCUT2D eigenvalue weighted by molar-refractivity contribution is 7.89. The number of sulfonamides is 1. The van der Waals surface area contributed by atoms with Crippen molar-refractivity contribution in [1.29, 1.82) is 0 Å². The Morgan fingerprint density at radius 2 is 2.05 bits per heavy atom. The number of rotatable bonds is 4. The first kappa shape index (κ1) is 15.2. The fourth-order valence-corrected chi connectivity index (χ4v) is 4.31. The zero-order chi connectivity index (χ0) is 14.8. The van der Waals surface area contributed by atoms with Gasteiger partial charge in [0.05, 0.1) is 4.90 Å². The van der Waals surface area contributed by atoms with Crippen molar-refractivity contribution in [2.24, 2.45) is 0 Å². The van der Waals surface area contributed by atoms with Crippen LogP contribution in [-0.2, 0) is 16.6 Å². The Morgan fingerprint density at radius 1 is 1.30 bits per heavy atom. The van der Waals surface area contributed by atoms with Crippen LogP contribution in [0.2, 0.25) is 0 Å². The number of hydrogen-bond donors (Lipinski definition) is 1. The molecule has 0 aromatic heterocycles. The van der Waals surface area contributed by atoms with Crippen molar-refractivity contribution in [3.63, 3.8) is 0 Å².